The first-order valence-corrected chi connectivity index (χ1v) is 7.25. The van der Waals surface area contributed by atoms with Crippen LogP contribution < -0.4 is 5.56 Å². The Morgan fingerprint density at radius 3 is 2.81 bits per heavy atom. The first-order chi connectivity index (χ1) is 9.93. The molecule has 21 heavy (non-hydrogen) atoms. The van der Waals surface area contributed by atoms with Crippen LogP contribution >= 0.6 is 15.9 Å². The van der Waals surface area contributed by atoms with Crippen LogP contribution in [0.15, 0.2) is 27.7 Å². The van der Waals surface area contributed by atoms with E-state index in [1.54, 1.807) is 13.1 Å². The van der Waals surface area contributed by atoms with Crippen molar-refractivity contribution < 1.29 is 9.53 Å². The van der Waals surface area contributed by atoms with Gasteiger partial charge in [0, 0.05) is 29.0 Å². The molecule has 0 aromatic carbocycles. The van der Waals surface area contributed by atoms with E-state index in [0.29, 0.717) is 12.2 Å². The Morgan fingerprint density at radius 1 is 1.48 bits per heavy atom. The van der Waals surface area contributed by atoms with Crippen molar-refractivity contribution in [3.63, 3.8) is 0 Å². The summed E-state index contributed by atoms with van der Waals surface area (Å²) < 4.78 is 6.99. The van der Waals surface area contributed by atoms with Crippen molar-refractivity contribution in [1.29, 1.82) is 0 Å². The molecule has 0 saturated carbocycles. The number of fused-ring (bicyclic) bond motifs is 1. The molecule has 0 bridgehead atoms. The summed E-state index contributed by atoms with van der Waals surface area (Å²) in [4.78, 5) is 30.4. The van der Waals surface area contributed by atoms with Crippen LogP contribution in [-0.4, -0.2) is 41.0 Å². The topological polar surface area (TPSA) is 63.9 Å². The summed E-state index contributed by atoms with van der Waals surface area (Å²) in [6, 6.07) is 1.91. The zero-order chi connectivity index (χ0) is 15.6. The first-order valence-electron chi connectivity index (χ1n) is 6.45. The third-order valence-corrected chi connectivity index (χ3v) is 3.26. The van der Waals surface area contributed by atoms with E-state index in [4.69, 9.17) is 4.74 Å². The second kappa shape index (κ2) is 6.36. The molecule has 0 saturated heterocycles. The van der Waals surface area contributed by atoms with Crippen LogP contribution in [0.4, 0.5) is 0 Å². The molecule has 0 amide bonds. The van der Waals surface area contributed by atoms with Crippen LogP contribution in [0.3, 0.4) is 0 Å². The molecule has 0 spiro atoms. The lowest BCUT2D eigenvalue weighted by Gasteiger charge is -2.13. The molecule has 112 valence electrons. The number of esters is 1. The van der Waals surface area contributed by atoms with Crippen molar-refractivity contribution >= 4 is 27.5 Å². The number of aromatic nitrogens is 2. The summed E-state index contributed by atoms with van der Waals surface area (Å²) in [6.45, 7) is 2.54. The summed E-state index contributed by atoms with van der Waals surface area (Å²) in [6.07, 6.45) is 2.88. The van der Waals surface area contributed by atoms with Crippen LogP contribution in [0.1, 0.15) is 22.8 Å². The van der Waals surface area contributed by atoms with Crippen molar-refractivity contribution in [3.8, 4) is 0 Å². The number of hydrogen-bond donors (Lipinski definition) is 0. The molecule has 6 nitrogen and oxygen atoms in total. The maximum atomic E-state index is 12.4. The Labute approximate surface area is 130 Å². The van der Waals surface area contributed by atoms with Gasteiger partial charge in [0.15, 0.2) is 0 Å². The minimum atomic E-state index is -0.654. The summed E-state index contributed by atoms with van der Waals surface area (Å²) in [5, 5.41) is 0. The maximum Gasteiger partial charge on any atom is 0.345 e. The molecule has 0 radical (unpaired) electrons. The number of ether oxygens (including phenoxy) is 1. The lowest BCUT2D eigenvalue weighted by atomic mass is 10.2. The number of halogens is 1. The van der Waals surface area contributed by atoms with E-state index < -0.39 is 11.5 Å². The molecule has 0 aliphatic carbocycles. The molecule has 7 heteroatoms. The van der Waals surface area contributed by atoms with Gasteiger partial charge in [-0.1, -0.05) is 0 Å². The van der Waals surface area contributed by atoms with Crippen molar-refractivity contribution in [3.05, 3.63) is 44.4 Å². The monoisotopic (exact) mass is 353 g/mol. The van der Waals surface area contributed by atoms with E-state index in [9.17, 15) is 9.59 Å². The maximum absolute atomic E-state index is 12.4. The van der Waals surface area contributed by atoms with Crippen molar-refractivity contribution in [2.45, 2.75) is 13.5 Å². The van der Waals surface area contributed by atoms with Crippen molar-refractivity contribution in [2.75, 3.05) is 20.7 Å². The van der Waals surface area contributed by atoms with Gasteiger partial charge in [0.25, 0.3) is 5.56 Å². The fourth-order valence-electron chi connectivity index (χ4n) is 2.02. The molecule has 0 atom stereocenters. The predicted molar refractivity (Wildman–Crippen MR) is 82.5 cm³/mol. The lowest BCUT2D eigenvalue weighted by molar-refractivity contribution is 0.0523. The van der Waals surface area contributed by atoms with Gasteiger partial charge < -0.3 is 9.64 Å². The normalized spacial score (nSPS) is 11.1. The van der Waals surface area contributed by atoms with Gasteiger partial charge in [0.2, 0.25) is 0 Å². The van der Waals surface area contributed by atoms with Gasteiger partial charge >= 0.3 is 5.97 Å². The Bertz CT molecular complexity index is 740. The summed E-state index contributed by atoms with van der Waals surface area (Å²) >= 11 is 3.38. The third kappa shape index (κ3) is 3.30. The second-order valence-corrected chi connectivity index (χ2v) is 5.73. The standard InChI is InChI=1S/C14H16BrN3O3/c1-4-21-14(20)11-6-16-12-9(7-17(2)3)5-10(15)8-18(12)13(11)19/h5-6,8H,4,7H2,1-3H3. The summed E-state index contributed by atoms with van der Waals surface area (Å²) in [5.74, 6) is -0.654. The molecule has 0 N–H and O–H groups in total. The van der Waals surface area contributed by atoms with Gasteiger partial charge in [-0.3, -0.25) is 9.20 Å². The number of nitrogens with zero attached hydrogens (tertiary/aromatic N) is 3. The predicted octanol–water partition coefficient (Wildman–Crippen LogP) is 1.70. The highest BCUT2D eigenvalue weighted by atomic mass is 79.9. The van der Waals surface area contributed by atoms with Gasteiger partial charge in [-0.25, -0.2) is 9.78 Å². The van der Waals surface area contributed by atoms with Crippen LogP contribution in [0, 0.1) is 0 Å². The molecule has 2 aromatic heterocycles. The van der Waals surface area contributed by atoms with E-state index in [1.807, 2.05) is 25.1 Å². The van der Waals surface area contributed by atoms with Crippen LogP contribution in [0.25, 0.3) is 5.65 Å². The molecule has 0 unspecified atom stereocenters. The molecule has 0 aliphatic rings. The van der Waals surface area contributed by atoms with E-state index >= 15 is 0 Å². The van der Waals surface area contributed by atoms with Gasteiger partial charge in [-0.15, -0.1) is 0 Å². The Morgan fingerprint density at radius 2 is 2.19 bits per heavy atom. The smallest absolute Gasteiger partial charge is 0.345 e. The van der Waals surface area contributed by atoms with Crippen molar-refractivity contribution in [2.24, 2.45) is 0 Å². The zero-order valence-corrected chi connectivity index (χ0v) is 13.7. The van der Waals surface area contributed by atoms with Gasteiger partial charge in [-0.2, -0.15) is 0 Å². The van der Waals surface area contributed by atoms with Crippen LogP contribution in [0.5, 0.6) is 0 Å². The van der Waals surface area contributed by atoms with Gasteiger partial charge in [0.1, 0.15) is 11.2 Å². The number of rotatable bonds is 4. The van der Waals surface area contributed by atoms with E-state index in [0.717, 1.165) is 10.0 Å². The van der Waals surface area contributed by atoms with E-state index in [1.165, 1.54) is 10.6 Å². The van der Waals surface area contributed by atoms with Crippen molar-refractivity contribution in [1.82, 2.24) is 14.3 Å². The van der Waals surface area contributed by atoms with Gasteiger partial charge in [0.05, 0.1) is 6.61 Å². The largest absolute Gasteiger partial charge is 0.462 e. The molecule has 0 aliphatic heterocycles. The van der Waals surface area contributed by atoms with E-state index in [2.05, 4.69) is 20.9 Å². The minimum absolute atomic E-state index is 0.0664. The number of pyridine rings is 1. The minimum Gasteiger partial charge on any atom is -0.462 e. The average Bonchev–Trinajstić information content (AvgIpc) is 2.39. The molecule has 0 fully saturated rings. The third-order valence-electron chi connectivity index (χ3n) is 2.83. The van der Waals surface area contributed by atoms with E-state index in [-0.39, 0.29) is 12.2 Å². The highest BCUT2D eigenvalue weighted by Crippen LogP contribution is 2.16. The Balaban J connectivity index is 2.65. The number of carbonyl (C=O) groups is 1. The number of carbonyl (C=O) groups excluding carboxylic acids is 1. The zero-order valence-electron chi connectivity index (χ0n) is 12.1. The second-order valence-electron chi connectivity index (χ2n) is 4.81. The highest BCUT2D eigenvalue weighted by molar-refractivity contribution is 9.10. The highest BCUT2D eigenvalue weighted by Gasteiger charge is 2.16. The molecule has 2 heterocycles. The SMILES string of the molecule is CCOC(=O)c1cnc2c(CN(C)C)cc(Br)cn2c1=O. The number of hydrogen-bond acceptors (Lipinski definition) is 5. The lowest BCUT2D eigenvalue weighted by Crippen LogP contribution is -2.25. The Hall–Kier alpha value is -1.73. The Kier molecular flexibility index (Phi) is 4.74. The summed E-state index contributed by atoms with van der Waals surface area (Å²) in [7, 11) is 3.87. The molecular weight excluding hydrogens is 338 g/mol. The average molecular weight is 354 g/mol. The quantitative estimate of drug-likeness (QED) is 0.782. The van der Waals surface area contributed by atoms with Crippen LogP contribution in [0.2, 0.25) is 0 Å². The van der Waals surface area contributed by atoms with Crippen LogP contribution in [-0.2, 0) is 11.3 Å². The van der Waals surface area contributed by atoms with Gasteiger partial charge in [-0.05, 0) is 43.0 Å². The fourth-order valence-corrected chi connectivity index (χ4v) is 2.51. The first kappa shape index (κ1) is 15.7. The molecular formula is C14H16BrN3O3. The molecule has 2 aromatic rings. The molecule has 2 rings (SSSR count). The summed E-state index contributed by atoms with van der Waals surface area (Å²) in [5.41, 5.74) is 0.926. The fraction of sp³-hybridized carbons (Fsp3) is 0.357.